The molecule has 0 saturated heterocycles. The van der Waals surface area contributed by atoms with E-state index in [1.54, 1.807) is 24.4 Å². The summed E-state index contributed by atoms with van der Waals surface area (Å²) in [5, 5.41) is 33.0. The Bertz CT molecular complexity index is 1020. The van der Waals surface area contributed by atoms with Crippen molar-refractivity contribution in [2.75, 3.05) is 6.54 Å². The molecule has 0 radical (unpaired) electrons. The number of halogens is 1. The van der Waals surface area contributed by atoms with Crippen LogP contribution in [-0.4, -0.2) is 49.7 Å². The summed E-state index contributed by atoms with van der Waals surface area (Å²) in [4.78, 5) is 4.44. The molecule has 7 nitrogen and oxygen atoms in total. The van der Waals surface area contributed by atoms with Crippen LogP contribution >= 0.6 is 11.6 Å². The van der Waals surface area contributed by atoms with E-state index in [-0.39, 0.29) is 6.54 Å². The molecular formula is C21H24ClN3O4. The zero-order valence-electron chi connectivity index (χ0n) is 15.9. The van der Waals surface area contributed by atoms with Crippen LogP contribution in [0.2, 0.25) is 5.02 Å². The number of aromatic nitrogens is 2. The average molecular weight is 418 g/mol. The predicted octanol–water partition coefficient (Wildman–Crippen LogP) is 2.10. The largest absolute Gasteiger partial charge is 0.487 e. The van der Waals surface area contributed by atoms with Crippen molar-refractivity contribution in [3.05, 3.63) is 58.9 Å². The van der Waals surface area contributed by atoms with Gasteiger partial charge < -0.3 is 30.4 Å². The number of aliphatic hydroxyl groups is 3. The van der Waals surface area contributed by atoms with Crippen molar-refractivity contribution in [2.45, 2.75) is 43.8 Å². The van der Waals surface area contributed by atoms with Crippen molar-refractivity contribution in [2.24, 2.45) is 5.73 Å². The fourth-order valence-corrected chi connectivity index (χ4v) is 4.18. The number of hydrogen-bond donors (Lipinski definition) is 4. The molecule has 0 aliphatic heterocycles. The van der Waals surface area contributed by atoms with Crippen LogP contribution in [0.1, 0.15) is 29.7 Å². The van der Waals surface area contributed by atoms with Crippen LogP contribution in [0, 0.1) is 6.92 Å². The molecule has 2 aromatic heterocycles. The Hall–Kier alpha value is -2.16. The number of hydrogen-bond acceptors (Lipinski definition) is 6. The van der Waals surface area contributed by atoms with Gasteiger partial charge in [0, 0.05) is 41.3 Å². The Morgan fingerprint density at radius 2 is 2.07 bits per heavy atom. The van der Waals surface area contributed by atoms with Crippen LogP contribution in [0.3, 0.4) is 0 Å². The molecule has 1 fully saturated rings. The third kappa shape index (κ3) is 3.60. The first-order valence-corrected chi connectivity index (χ1v) is 9.91. The quantitative estimate of drug-likeness (QED) is 0.505. The third-order valence-electron chi connectivity index (χ3n) is 5.62. The van der Waals surface area contributed by atoms with Crippen LogP contribution in [-0.2, 0) is 0 Å². The summed E-state index contributed by atoms with van der Waals surface area (Å²) in [5.41, 5.74) is 7.89. The van der Waals surface area contributed by atoms with Crippen LogP contribution in [0.4, 0.5) is 0 Å². The molecule has 1 aromatic carbocycles. The van der Waals surface area contributed by atoms with Crippen molar-refractivity contribution < 1.29 is 20.1 Å². The van der Waals surface area contributed by atoms with Crippen LogP contribution in [0.5, 0.6) is 5.75 Å². The summed E-state index contributed by atoms with van der Waals surface area (Å²) >= 11 is 6.04. The number of rotatable bonds is 5. The summed E-state index contributed by atoms with van der Waals surface area (Å²) in [6.45, 7) is 2.01. The summed E-state index contributed by atoms with van der Waals surface area (Å²) < 4.78 is 7.90. The van der Waals surface area contributed by atoms with Crippen LogP contribution in [0.25, 0.3) is 11.0 Å². The molecule has 0 amide bonds. The highest BCUT2D eigenvalue weighted by Gasteiger charge is 2.44. The molecule has 3 aromatic rings. The number of ether oxygens (including phenoxy) is 1. The van der Waals surface area contributed by atoms with Crippen molar-refractivity contribution in [3.8, 4) is 5.75 Å². The number of pyridine rings is 1. The Balaban J connectivity index is 1.62. The number of aliphatic hydroxyl groups excluding tert-OH is 3. The fourth-order valence-electron chi connectivity index (χ4n) is 4.00. The van der Waals surface area contributed by atoms with Crippen LogP contribution in [0.15, 0.2) is 42.7 Å². The first-order chi connectivity index (χ1) is 13.9. The maximum Gasteiger partial charge on any atom is 0.140 e. The Kier molecular flexibility index (Phi) is 5.50. The lowest BCUT2D eigenvalue weighted by Gasteiger charge is -2.21. The summed E-state index contributed by atoms with van der Waals surface area (Å²) in [7, 11) is 0. The van der Waals surface area contributed by atoms with Gasteiger partial charge in [-0.2, -0.15) is 0 Å². The molecule has 0 spiro atoms. The molecule has 1 aliphatic carbocycles. The van der Waals surface area contributed by atoms with E-state index in [2.05, 4.69) is 4.98 Å². The summed E-state index contributed by atoms with van der Waals surface area (Å²) in [6, 6.07) is 8.38. The molecule has 5 atom stereocenters. The highest BCUT2D eigenvalue weighted by molar-refractivity contribution is 6.30. The summed E-state index contributed by atoms with van der Waals surface area (Å²) in [5.74, 6) is 0.385. The number of nitrogens with zero attached hydrogens (tertiary/aromatic N) is 2. The van der Waals surface area contributed by atoms with E-state index in [0.29, 0.717) is 22.8 Å². The van der Waals surface area contributed by atoms with E-state index in [9.17, 15) is 15.3 Å². The zero-order chi connectivity index (χ0) is 20.7. The molecule has 1 unspecified atom stereocenters. The fraction of sp³-hybridized carbons (Fsp3) is 0.381. The van der Waals surface area contributed by atoms with Gasteiger partial charge in [0.25, 0.3) is 0 Å². The SMILES string of the molecule is Cc1ccnc2c1ccn2[C@@H]1C[C@H](Oc2ccc(Cl)cc2C(O)CN)[C@@H](O)[C@H]1O. The Morgan fingerprint density at radius 1 is 1.28 bits per heavy atom. The van der Waals surface area contributed by atoms with E-state index in [4.69, 9.17) is 22.1 Å². The van der Waals surface area contributed by atoms with Gasteiger partial charge in [0.2, 0.25) is 0 Å². The molecule has 5 N–H and O–H groups in total. The maximum absolute atomic E-state index is 10.7. The van der Waals surface area contributed by atoms with E-state index >= 15 is 0 Å². The van der Waals surface area contributed by atoms with Gasteiger partial charge in [-0.1, -0.05) is 11.6 Å². The monoisotopic (exact) mass is 417 g/mol. The van der Waals surface area contributed by atoms with Gasteiger partial charge in [-0.15, -0.1) is 0 Å². The molecule has 0 bridgehead atoms. The average Bonchev–Trinajstić information content (AvgIpc) is 3.26. The molecular weight excluding hydrogens is 394 g/mol. The van der Waals surface area contributed by atoms with Gasteiger partial charge in [-0.25, -0.2) is 4.98 Å². The van der Waals surface area contributed by atoms with Gasteiger partial charge in [0.15, 0.2) is 0 Å². The maximum atomic E-state index is 10.7. The second-order valence-corrected chi connectivity index (χ2v) is 7.90. The highest BCUT2D eigenvalue weighted by Crippen LogP contribution is 2.38. The van der Waals surface area contributed by atoms with Crippen molar-refractivity contribution >= 4 is 22.6 Å². The highest BCUT2D eigenvalue weighted by atomic mass is 35.5. The number of benzene rings is 1. The van der Waals surface area contributed by atoms with Gasteiger partial charge in [-0.05, 0) is 42.8 Å². The first kappa shape index (κ1) is 20.1. The van der Waals surface area contributed by atoms with Gasteiger partial charge in [0.1, 0.15) is 29.7 Å². The second-order valence-electron chi connectivity index (χ2n) is 7.46. The lowest BCUT2D eigenvalue weighted by Crippen LogP contribution is -2.34. The number of fused-ring (bicyclic) bond motifs is 1. The predicted molar refractivity (Wildman–Crippen MR) is 110 cm³/mol. The van der Waals surface area contributed by atoms with E-state index < -0.39 is 30.5 Å². The molecule has 4 rings (SSSR count). The number of nitrogens with two attached hydrogens (primary N) is 1. The van der Waals surface area contributed by atoms with Gasteiger partial charge >= 0.3 is 0 Å². The molecule has 2 heterocycles. The number of aryl methyl sites for hydroxylation is 1. The smallest absolute Gasteiger partial charge is 0.140 e. The summed E-state index contributed by atoms with van der Waals surface area (Å²) in [6.07, 6.45) is 0.260. The Morgan fingerprint density at radius 3 is 2.83 bits per heavy atom. The standard InChI is InChI=1S/C21H24ClN3O4/c1-11-4-6-24-21-13(11)5-7-25(21)15-9-18(20(28)19(15)27)29-17-3-2-12(22)8-14(17)16(26)10-23/h2-8,15-16,18-20,26-28H,9-10,23H2,1H3/t15-,16?,18+,19+,20-/m1/s1. The van der Waals surface area contributed by atoms with E-state index in [1.807, 2.05) is 29.8 Å². The first-order valence-electron chi connectivity index (χ1n) is 9.53. The van der Waals surface area contributed by atoms with Crippen molar-refractivity contribution in [1.29, 1.82) is 0 Å². The zero-order valence-corrected chi connectivity index (χ0v) is 16.7. The molecule has 8 heteroatoms. The van der Waals surface area contributed by atoms with Crippen LogP contribution < -0.4 is 10.5 Å². The minimum atomic E-state index is -1.10. The van der Waals surface area contributed by atoms with E-state index in [0.717, 1.165) is 16.6 Å². The Labute approximate surface area is 173 Å². The second kappa shape index (κ2) is 7.93. The molecule has 1 aliphatic rings. The van der Waals surface area contributed by atoms with Gasteiger partial charge in [0.05, 0.1) is 12.1 Å². The normalized spacial score (nSPS) is 25.4. The third-order valence-corrected chi connectivity index (χ3v) is 5.86. The lowest BCUT2D eigenvalue weighted by atomic mass is 10.1. The van der Waals surface area contributed by atoms with Crippen molar-refractivity contribution in [1.82, 2.24) is 9.55 Å². The minimum Gasteiger partial charge on any atom is -0.487 e. The lowest BCUT2D eigenvalue weighted by molar-refractivity contribution is -0.0170. The topological polar surface area (TPSA) is 114 Å². The minimum absolute atomic E-state index is 0.00947. The molecule has 29 heavy (non-hydrogen) atoms. The molecule has 154 valence electrons. The van der Waals surface area contributed by atoms with Gasteiger partial charge in [-0.3, -0.25) is 0 Å². The van der Waals surface area contributed by atoms with Crippen molar-refractivity contribution in [3.63, 3.8) is 0 Å². The van der Waals surface area contributed by atoms with E-state index in [1.165, 1.54) is 0 Å². The molecule has 1 saturated carbocycles.